The highest BCUT2D eigenvalue weighted by Crippen LogP contribution is 2.50. The second kappa shape index (κ2) is 5.98. The summed E-state index contributed by atoms with van der Waals surface area (Å²) in [5, 5.41) is 3.97. The van der Waals surface area contributed by atoms with E-state index >= 15 is 0 Å². The summed E-state index contributed by atoms with van der Waals surface area (Å²) >= 11 is 5.96. The quantitative estimate of drug-likeness (QED) is 0.928. The second-order valence-electron chi connectivity index (χ2n) is 6.41. The lowest BCUT2D eigenvalue weighted by atomic mass is 9.91. The lowest BCUT2D eigenvalue weighted by Gasteiger charge is -2.35. The van der Waals surface area contributed by atoms with Gasteiger partial charge in [-0.1, -0.05) is 23.7 Å². The molecular weight excluding hydrogens is 284 g/mol. The largest absolute Gasteiger partial charge is 0.342 e. The number of nitrogens with zero attached hydrogens (tertiary/aromatic N) is 1. The highest BCUT2D eigenvalue weighted by molar-refractivity contribution is 6.30. The molecule has 1 aliphatic carbocycles. The molecule has 21 heavy (non-hydrogen) atoms. The van der Waals surface area contributed by atoms with Crippen molar-refractivity contribution in [2.45, 2.75) is 31.1 Å². The molecule has 2 fully saturated rings. The van der Waals surface area contributed by atoms with Crippen LogP contribution in [0.15, 0.2) is 24.3 Å². The predicted molar refractivity (Wildman–Crippen MR) is 85.6 cm³/mol. The molecule has 114 valence electrons. The minimum Gasteiger partial charge on any atom is -0.342 e. The van der Waals surface area contributed by atoms with Crippen LogP contribution in [0.3, 0.4) is 0 Å². The Morgan fingerprint density at radius 2 is 2.10 bits per heavy atom. The molecule has 1 heterocycles. The molecular formula is C17H23ClN2O. The van der Waals surface area contributed by atoms with Gasteiger partial charge in [0.15, 0.2) is 0 Å². The third-order valence-corrected chi connectivity index (χ3v) is 5.11. The minimum atomic E-state index is -0.258. The SMILES string of the molecule is CNCC1CCCN(C(=O)C2(c3ccc(Cl)cc3)CC2)C1. The van der Waals surface area contributed by atoms with Crippen molar-refractivity contribution >= 4 is 17.5 Å². The fraction of sp³-hybridized carbons (Fsp3) is 0.588. The summed E-state index contributed by atoms with van der Waals surface area (Å²) in [5.74, 6) is 0.916. The first kappa shape index (κ1) is 14.9. The average molecular weight is 307 g/mol. The van der Waals surface area contributed by atoms with E-state index in [4.69, 9.17) is 11.6 Å². The van der Waals surface area contributed by atoms with Crippen LogP contribution in [0.2, 0.25) is 5.02 Å². The van der Waals surface area contributed by atoms with Crippen molar-refractivity contribution in [3.05, 3.63) is 34.9 Å². The average Bonchev–Trinajstić information content (AvgIpc) is 3.29. The normalized spacial score (nSPS) is 23.9. The van der Waals surface area contributed by atoms with Crippen molar-refractivity contribution in [1.82, 2.24) is 10.2 Å². The van der Waals surface area contributed by atoms with Crippen molar-refractivity contribution in [3.8, 4) is 0 Å². The zero-order chi connectivity index (χ0) is 14.9. The van der Waals surface area contributed by atoms with E-state index in [0.717, 1.165) is 49.5 Å². The van der Waals surface area contributed by atoms with Crippen molar-refractivity contribution in [2.24, 2.45) is 5.92 Å². The molecule has 1 unspecified atom stereocenters. The Bertz CT molecular complexity index is 508. The standard InChI is InChI=1S/C17H23ClN2O/c1-19-11-13-3-2-10-20(12-13)16(21)17(8-9-17)14-4-6-15(18)7-5-14/h4-7,13,19H,2-3,8-12H2,1H3. The molecule has 0 aromatic heterocycles. The molecule has 1 amide bonds. The van der Waals surface area contributed by atoms with Crippen molar-refractivity contribution in [1.29, 1.82) is 0 Å². The molecule has 1 atom stereocenters. The molecule has 1 aliphatic heterocycles. The van der Waals surface area contributed by atoms with Crippen LogP contribution in [0, 0.1) is 5.92 Å². The predicted octanol–water partition coefficient (Wildman–Crippen LogP) is 2.83. The highest BCUT2D eigenvalue weighted by Gasteiger charge is 2.53. The second-order valence-corrected chi connectivity index (χ2v) is 6.84. The van der Waals surface area contributed by atoms with Crippen LogP contribution in [-0.4, -0.2) is 37.5 Å². The van der Waals surface area contributed by atoms with E-state index in [1.165, 1.54) is 6.42 Å². The fourth-order valence-corrected chi connectivity index (χ4v) is 3.65. The van der Waals surface area contributed by atoms with Crippen molar-refractivity contribution in [3.63, 3.8) is 0 Å². The molecule has 1 aromatic carbocycles. The number of halogens is 1. The lowest BCUT2D eigenvalue weighted by Crippen LogP contribution is -2.46. The zero-order valence-corrected chi connectivity index (χ0v) is 13.3. The maximum absolute atomic E-state index is 13.0. The molecule has 1 aromatic rings. The number of benzene rings is 1. The Balaban J connectivity index is 1.73. The van der Waals surface area contributed by atoms with Crippen molar-refractivity contribution < 1.29 is 4.79 Å². The van der Waals surface area contributed by atoms with Gasteiger partial charge in [0.1, 0.15) is 0 Å². The first-order valence-corrected chi connectivity index (χ1v) is 8.23. The number of likely N-dealkylation sites (tertiary alicyclic amines) is 1. The molecule has 0 bridgehead atoms. The monoisotopic (exact) mass is 306 g/mol. The number of piperidine rings is 1. The van der Waals surface area contributed by atoms with Gasteiger partial charge in [0.25, 0.3) is 0 Å². The number of carbonyl (C=O) groups is 1. The molecule has 3 rings (SSSR count). The number of hydrogen-bond donors (Lipinski definition) is 1. The van der Waals surface area contributed by atoms with Gasteiger partial charge in [-0.2, -0.15) is 0 Å². The van der Waals surface area contributed by atoms with E-state index in [0.29, 0.717) is 11.8 Å². The molecule has 3 nitrogen and oxygen atoms in total. The van der Waals surface area contributed by atoms with Crippen molar-refractivity contribution in [2.75, 3.05) is 26.7 Å². The number of hydrogen-bond acceptors (Lipinski definition) is 2. The molecule has 1 N–H and O–H groups in total. The topological polar surface area (TPSA) is 32.3 Å². The summed E-state index contributed by atoms with van der Waals surface area (Å²) in [6.45, 7) is 2.81. The van der Waals surface area contributed by atoms with Gasteiger partial charge in [-0.25, -0.2) is 0 Å². The Labute approximate surface area is 131 Å². The zero-order valence-electron chi connectivity index (χ0n) is 12.6. The van der Waals surface area contributed by atoms with Gasteiger partial charge in [-0.3, -0.25) is 4.79 Å². The number of nitrogens with one attached hydrogen (secondary N) is 1. The van der Waals surface area contributed by atoms with Crippen LogP contribution in [0.25, 0.3) is 0 Å². The van der Waals surface area contributed by atoms with Crippen LogP contribution in [0.5, 0.6) is 0 Å². The molecule has 1 saturated heterocycles. The van der Waals surface area contributed by atoms with Gasteiger partial charge in [-0.15, -0.1) is 0 Å². The lowest BCUT2D eigenvalue weighted by molar-refractivity contribution is -0.135. The van der Waals surface area contributed by atoms with Crippen LogP contribution in [0.1, 0.15) is 31.2 Å². The van der Waals surface area contributed by atoms with Crippen LogP contribution in [-0.2, 0) is 10.2 Å². The molecule has 0 radical (unpaired) electrons. The molecule has 4 heteroatoms. The fourth-order valence-electron chi connectivity index (χ4n) is 3.53. The van der Waals surface area contributed by atoms with Gasteiger partial charge in [-0.05, 0) is 62.9 Å². The Kier molecular flexibility index (Phi) is 4.23. The number of carbonyl (C=O) groups excluding carboxylic acids is 1. The Morgan fingerprint density at radius 3 is 2.71 bits per heavy atom. The maximum atomic E-state index is 13.0. The van der Waals surface area contributed by atoms with Gasteiger partial charge in [0, 0.05) is 18.1 Å². The summed E-state index contributed by atoms with van der Waals surface area (Å²) in [7, 11) is 1.98. The van der Waals surface area contributed by atoms with Crippen LogP contribution in [0.4, 0.5) is 0 Å². The first-order valence-electron chi connectivity index (χ1n) is 7.86. The summed E-state index contributed by atoms with van der Waals surface area (Å²) in [6.07, 6.45) is 4.29. The Hall–Kier alpha value is -1.06. The van der Waals surface area contributed by atoms with Gasteiger partial charge >= 0.3 is 0 Å². The van der Waals surface area contributed by atoms with Gasteiger partial charge in [0.05, 0.1) is 5.41 Å². The van der Waals surface area contributed by atoms with Gasteiger partial charge < -0.3 is 10.2 Å². The van der Waals surface area contributed by atoms with Crippen LogP contribution >= 0.6 is 11.6 Å². The van der Waals surface area contributed by atoms with Gasteiger partial charge in [0.2, 0.25) is 5.91 Å². The van der Waals surface area contributed by atoms with E-state index in [9.17, 15) is 4.79 Å². The summed E-state index contributed by atoms with van der Waals surface area (Å²) in [6, 6.07) is 7.82. The number of amides is 1. The Morgan fingerprint density at radius 1 is 1.38 bits per heavy atom. The maximum Gasteiger partial charge on any atom is 0.233 e. The summed E-state index contributed by atoms with van der Waals surface area (Å²) < 4.78 is 0. The minimum absolute atomic E-state index is 0.258. The van der Waals surface area contributed by atoms with E-state index in [1.807, 2.05) is 31.3 Å². The molecule has 1 saturated carbocycles. The van der Waals surface area contributed by atoms with E-state index < -0.39 is 0 Å². The molecule has 0 spiro atoms. The van der Waals surface area contributed by atoms with E-state index in [-0.39, 0.29) is 5.41 Å². The third kappa shape index (κ3) is 2.95. The van der Waals surface area contributed by atoms with E-state index in [1.54, 1.807) is 0 Å². The number of rotatable bonds is 4. The van der Waals surface area contributed by atoms with E-state index in [2.05, 4.69) is 10.2 Å². The third-order valence-electron chi connectivity index (χ3n) is 4.86. The summed E-state index contributed by atoms with van der Waals surface area (Å²) in [4.78, 5) is 15.1. The highest BCUT2D eigenvalue weighted by atomic mass is 35.5. The smallest absolute Gasteiger partial charge is 0.233 e. The molecule has 2 aliphatic rings. The summed E-state index contributed by atoms with van der Waals surface area (Å²) in [5.41, 5.74) is 0.874. The first-order chi connectivity index (χ1) is 10.2. The van der Waals surface area contributed by atoms with Crippen LogP contribution < -0.4 is 5.32 Å².